The molecule has 2 unspecified atom stereocenters. The summed E-state index contributed by atoms with van der Waals surface area (Å²) in [7, 11) is -3.70. The van der Waals surface area contributed by atoms with Gasteiger partial charge in [0.1, 0.15) is 0 Å². The summed E-state index contributed by atoms with van der Waals surface area (Å²) >= 11 is 2.54. The minimum Gasteiger partial charge on any atom is -0.383 e. The molecule has 2 amide bonds. The Bertz CT molecular complexity index is 1470. The third-order valence-corrected chi connectivity index (χ3v) is 10.4. The van der Waals surface area contributed by atoms with Crippen LogP contribution in [0.5, 0.6) is 0 Å². The monoisotopic (exact) mass is 565 g/mol. The first kappa shape index (κ1) is 26.6. The van der Waals surface area contributed by atoms with Crippen LogP contribution in [0.2, 0.25) is 0 Å². The molecule has 0 aromatic heterocycles. The van der Waals surface area contributed by atoms with Crippen molar-refractivity contribution in [1.29, 1.82) is 0 Å². The molecule has 2 aliphatic heterocycles. The average molecular weight is 566 g/mol. The van der Waals surface area contributed by atoms with Gasteiger partial charge in [0.25, 0.3) is 11.1 Å². The van der Waals surface area contributed by atoms with Crippen molar-refractivity contribution in [3.63, 3.8) is 0 Å². The van der Waals surface area contributed by atoms with Crippen molar-refractivity contribution in [2.75, 3.05) is 24.7 Å². The number of nitrogens with one attached hydrogen (secondary N) is 2. The Labute approximate surface area is 231 Å². The summed E-state index contributed by atoms with van der Waals surface area (Å²) in [6.45, 7) is 0.859. The molecule has 2 fully saturated rings. The first-order valence-corrected chi connectivity index (χ1v) is 15.7. The number of hydrogen-bond donors (Lipinski definition) is 2. The maximum Gasteiger partial charge on any atom is 0.290 e. The topological polar surface area (TPSA) is 95.6 Å². The first-order valence-electron chi connectivity index (χ1n) is 12.1. The van der Waals surface area contributed by atoms with Crippen LogP contribution in [0.3, 0.4) is 0 Å². The SMILES string of the molecule is CSC1CC(CNc2ccccc2/C=C2/SC(=O)NC2=O)N(S(=O)(=O)c2ccc(-c3ccccc3)cc2)C1. The van der Waals surface area contributed by atoms with Gasteiger partial charge in [0, 0.05) is 30.1 Å². The number of imide groups is 1. The van der Waals surface area contributed by atoms with Crippen LogP contribution in [0, 0.1) is 0 Å². The summed E-state index contributed by atoms with van der Waals surface area (Å²) in [5.74, 6) is -0.413. The van der Waals surface area contributed by atoms with Crippen LogP contribution in [-0.2, 0) is 14.8 Å². The zero-order chi connectivity index (χ0) is 26.7. The predicted molar refractivity (Wildman–Crippen MR) is 156 cm³/mol. The van der Waals surface area contributed by atoms with Gasteiger partial charge in [-0.15, -0.1) is 0 Å². The second-order valence-electron chi connectivity index (χ2n) is 9.03. The Morgan fingerprint density at radius 1 is 1.00 bits per heavy atom. The van der Waals surface area contributed by atoms with Crippen LogP contribution >= 0.6 is 23.5 Å². The molecule has 3 aromatic rings. The van der Waals surface area contributed by atoms with Gasteiger partial charge in [-0.1, -0.05) is 60.7 Å². The molecule has 10 heteroatoms. The maximum absolute atomic E-state index is 13.7. The number of rotatable bonds is 8. The molecule has 2 N–H and O–H groups in total. The number of hydrogen-bond acceptors (Lipinski definition) is 7. The van der Waals surface area contributed by atoms with Crippen molar-refractivity contribution >= 4 is 56.5 Å². The van der Waals surface area contributed by atoms with Crippen LogP contribution < -0.4 is 10.6 Å². The fourth-order valence-electron chi connectivity index (χ4n) is 4.65. The van der Waals surface area contributed by atoms with Gasteiger partial charge in [0.15, 0.2) is 0 Å². The largest absolute Gasteiger partial charge is 0.383 e. The molecule has 5 rings (SSSR count). The molecule has 2 atom stereocenters. The molecule has 0 aliphatic carbocycles. The number of nitrogens with zero attached hydrogens (tertiary/aromatic N) is 1. The quantitative estimate of drug-likeness (QED) is 0.359. The number of carbonyl (C=O) groups excluding carboxylic acids is 2. The fourth-order valence-corrected chi connectivity index (χ4v) is 7.83. The second-order valence-corrected chi connectivity index (χ2v) is 13.1. The van der Waals surface area contributed by atoms with E-state index in [-0.39, 0.29) is 16.2 Å². The van der Waals surface area contributed by atoms with Crippen molar-refractivity contribution in [2.24, 2.45) is 0 Å². The highest BCUT2D eigenvalue weighted by atomic mass is 32.2. The number of amides is 2. The third-order valence-electron chi connectivity index (χ3n) is 6.64. The zero-order valence-corrected chi connectivity index (χ0v) is 23.1. The van der Waals surface area contributed by atoms with Crippen molar-refractivity contribution in [3.8, 4) is 11.1 Å². The number of thioether (sulfide) groups is 2. The molecule has 196 valence electrons. The van der Waals surface area contributed by atoms with Crippen LogP contribution in [0.4, 0.5) is 10.5 Å². The van der Waals surface area contributed by atoms with E-state index in [1.165, 1.54) is 0 Å². The Hall–Kier alpha value is -3.05. The molecule has 3 aromatic carbocycles. The molecule has 0 bridgehead atoms. The number of para-hydroxylation sites is 1. The van der Waals surface area contributed by atoms with E-state index in [0.717, 1.165) is 40.6 Å². The molecule has 38 heavy (non-hydrogen) atoms. The summed E-state index contributed by atoms with van der Waals surface area (Å²) < 4.78 is 29.1. The summed E-state index contributed by atoms with van der Waals surface area (Å²) in [4.78, 5) is 24.2. The lowest BCUT2D eigenvalue weighted by Crippen LogP contribution is -2.39. The van der Waals surface area contributed by atoms with Crippen LogP contribution in [-0.4, -0.2) is 54.5 Å². The summed E-state index contributed by atoms with van der Waals surface area (Å²) in [6.07, 6.45) is 4.41. The van der Waals surface area contributed by atoms with Crippen molar-refractivity contribution < 1.29 is 18.0 Å². The number of benzene rings is 3. The van der Waals surface area contributed by atoms with E-state index >= 15 is 0 Å². The standard InChI is InChI=1S/C28H27N3O4S3/c1-36-23-16-22(17-29-25-10-6-5-9-21(25)15-26-27(32)30-28(33)37-26)31(18-23)38(34,35)24-13-11-20(12-14-24)19-7-3-2-4-8-19/h2-15,22-23,29H,16-18H2,1H3,(H,30,32,33)/b26-15+. The molecule has 2 heterocycles. The summed E-state index contributed by atoms with van der Waals surface area (Å²) in [5.41, 5.74) is 3.52. The molecule has 0 saturated carbocycles. The van der Waals surface area contributed by atoms with E-state index in [9.17, 15) is 18.0 Å². The smallest absolute Gasteiger partial charge is 0.290 e. The maximum atomic E-state index is 13.7. The summed E-state index contributed by atoms with van der Waals surface area (Å²) in [6, 6.07) is 24.2. The van der Waals surface area contributed by atoms with Crippen molar-refractivity contribution in [2.45, 2.75) is 22.6 Å². The molecular weight excluding hydrogens is 539 g/mol. The lowest BCUT2D eigenvalue weighted by molar-refractivity contribution is -0.115. The van der Waals surface area contributed by atoms with Gasteiger partial charge in [0.05, 0.1) is 9.80 Å². The van der Waals surface area contributed by atoms with Crippen LogP contribution in [0.1, 0.15) is 12.0 Å². The van der Waals surface area contributed by atoms with Gasteiger partial charge in [0.2, 0.25) is 10.0 Å². The third kappa shape index (κ3) is 5.68. The number of sulfonamides is 1. The molecule has 0 radical (unpaired) electrons. The van der Waals surface area contributed by atoms with E-state index in [4.69, 9.17) is 0 Å². The Kier molecular flexibility index (Phi) is 7.94. The Balaban J connectivity index is 1.35. The normalized spacial score (nSPS) is 21.1. The zero-order valence-electron chi connectivity index (χ0n) is 20.7. The highest BCUT2D eigenvalue weighted by Gasteiger charge is 2.40. The van der Waals surface area contributed by atoms with E-state index in [1.807, 2.05) is 73.0 Å². The van der Waals surface area contributed by atoms with Crippen LogP contribution in [0.15, 0.2) is 88.7 Å². The molecule has 2 saturated heterocycles. The van der Waals surface area contributed by atoms with Gasteiger partial charge < -0.3 is 5.32 Å². The van der Waals surface area contributed by atoms with E-state index in [2.05, 4.69) is 10.6 Å². The minimum atomic E-state index is -3.70. The van der Waals surface area contributed by atoms with Gasteiger partial charge in [-0.2, -0.15) is 16.1 Å². The molecular formula is C28H27N3O4S3. The van der Waals surface area contributed by atoms with Gasteiger partial charge in [-0.05, 0) is 65.4 Å². The average Bonchev–Trinajstić information content (AvgIpc) is 3.51. The van der Waals surface area contributed by atoms with E-state index in [1.54, 1.807) is 34.3 Å². The Morgan fingerprint density at radius 3 is 2.37 bits per heavy atom. The van der Waals surface area contributed by atoms with Crippen LogP contribution in [0.25, 0.3) is 17.2 Å². The first-order chi connectivity index (χ1) is 18.3. The lowest BCUT2D eigenvalue weighted by atomic mass is 10.1. The highest BCUT2D eigenvalue weighted by Crippen LogP contribution is 2.33. The lowest BCUT2D eigenvalue weighted by Gasteiger charge is -2.25. The van der Waals surface area contributed by atoms with E-state index in [0.29, 0.717) is 18.0 Å². The predicted octanol–water partition coefficient (Wildman–Crippen LogP) is 5.28. The van der Waals surface area contributed by atoms with Crippen molar-refractivity contribution in [1.82, 2.24) is 9.62 Å². The van der Waals surface area contributed by atoms with Gasteiger partial charge in [-0.3, -0.25) is 14.9 Å². The number of carbonyl (C=O) groups is 2. The van der Waals surface area contributed by atoms with Gasteiger partial charge >= 0.3 is 0 Å². The molecule has 2 aliphatic rings. The second kappa shape index (κ2) is 11.4. The highest BCUT2D eigenvalue weighted by molar-refractivity contribution is 8.18. The Morgan fingerprint density at radius 2 is 1.68 bits per heavy atom. The molecule has 7 nitrogen and oxygen atoms in total. The number of anilines is 1. The fraction of sp³-hybridized carbons (Fsp3) is 0.214. The summed E-state index contributed by atoms with van der Waals surface area (Å²) in [5, 5.41) is 5.47. The van der Waals surface area contributed by atoms with E-state index < -0.39 is 21.2 Å². The van der Waals surface area contributed by atoms with Gasteiger partial charge in [-0.25, -0.2) is 8.42 Å². The minimum absolute atomic E-state index is 0.196. The van der Waals surface area contributed by atoms with Crippen molar-refractivity contribution in [3.05, 3.63) is 89.3 Å². The molecule has 0 spiro atoms.